The summed E-state index contributed by atoms with van der Waals surface area (Å²) in [5, 5.41) is 9.05. The van der Waals surface area contributed by atoms with E-state index in [1.807, 2.05) is 30.3 Å². The highest BCUT2D eigenvalue weighted by molar-refractivity contribution is 5.76. The number of rotatable bonds is 7. The lowest BCUT2D eigenvalue weighted by Crippen LogP contribution is -2.20. The Morgan fingerprint density at radius 3 is 2.17 bits per heavy atom. The van der Waals surface area contributed by atoms with Crippen LogP contribution in [0.25, 0.3) is 0 Å². The Kier molecular flexibility index (Phi) is 5.43. The highest BCUT2D eigenvalue weighted by Gasteiger charge is 2.21. The molecule has 1 atom stereocenters. The lowest BCUT2D eigenvalue weighted by Gasteiger charge is -2.17. The van der Waals surface area contributed by atoms with Crippen molar-refractivity contribution in [3.63, 3.8) is 0 Å². The summed E-state index contributed by atoms with van der Waals surface area (Å²) in [7, 11) is 2.94. The SMILES string of the molecule is COc1cc(C(N)C(=O)O)cc(OC)c1OCc1ccccc1. The van der Waals surface area contributed by atoms with Gasteiger partial charge >= 0.3 is 5.97 Å². The molecular formula is C17H19NO5. The van der Waals surface area contributed by atoms with E-state index in [9.17, 15) is 4.79 Å². The van der Waals surface area contributed by atoms with Gasteiger partial charge in [0.25, 0.3) is 0 Å². The second kappa shape index (κ2) is 7.51. The van der Waals surface area contributed by atoms with Gasteiger partial charge in [0.2, 0.25) is 5.75 Å². The van der Waals surface area contributed by atoms with Crippen LogP contribution in [-0.4, -0.2) is 25.3 Å². The third kappa shape index (κ3) is 3.92. The topological polar surface area (TPSA) is 91.0 Å². The van der Waals surface area contributed by atoms with Gasteiger partial charge in [0.1, 0.15) is 12.6 Å². The van der Waals surface area contributed by atoms with Gasteiger partial charge in [0, 0.05) is 0 Å². The molecule has 0 bridgehead atoms. The molecule has 0 radical (unpaired) electrons. The molecule has 0 spiro atoms. The van der Waals surface area contributed by atoms with Crippen molar-refractivity contribution in [2.45, 2.75) is 12.6 Å². The van der Waals surface area contributed by atoms with Gasteiger partial charge in [-0.15, -0.1) is 0 Å². The molecule has 0 amide bonds. The molecule has 0 fully saturated rings. The number of carboxylic acids is 1. The van der Waals surface area contributed by atoms with Crippen LogP contribution < -0.4 is 19.9 Å². The van der Waals surface area contributed by atoms with Gasteiger partial charge in [0.15, 0.2) is 11.5 Å². The third-order valence-corrected chi connectivity index (χ3v) is 3.33. The molecule has 0 saturated carbocycles. The molecule has 1 unspecified atom stereocenters. The Balaban J connectivity index is 2.32. The molecule has 0 aromatic heterocycles. The van der Waals surface area contributed by atoms with E-state index in [1.165, 1.54) is 14.2 Å². The van der Waals surface area contributed by atoms with E-state index in [2.05, 4.69) is 0 Å². The molecule has 0 aliphatic rings. The highest BCUT2D eigenvalue weighted by Crippen LogP contribution is 2.40. The number of carbonyl (C=O) groups is 1. The number of hydrogen-bond acceptors (Lipinski definition) is 5. The van der Waals surface area contributed by atoms with Crippen molar-refractivity contribution < 1.29 is 24.1 Å². The number of aliphatic carboxylic acids is 1. The van der Waals surface area contributed by atoms with Crippen molar-refractivity contribution in [2.24, 2.45) is 5.73 Å². The van der Waals surface area contributed by atoms with Gasteiger partial charge in [-0.3, -0.25) is 4.79 Å². The molecule has 2 rings (SSSR count). The first-order valence-corrected chi connectivity index (χ1v) is 6.97. The van der Waals surface area contributed by atoms with Crippen molar-refractivity contribution in [1.82, 2.24) is 0 Å². The zero-order chi connectivity index (χ0) is 16.8. The monoisotopic (exact) mass is 317 g/mol. The average Bonchev–Trinajstić information content (AvgIpc) is 2.59. The molecule has 23 heavy (non-hydrogen) atoms. The summed E-state index contributed by atoms with van der Waals surface area (Å²) in [5.74, 6) is 0.00575. The van der Waals surface area contributed by atoms with Crippen molar-refractivity contribution in [3.8, 4) is 17.2 Å². The first kappa shape index (κ1) is 16.6. The number of carboxylic acid groups (broad SMARTS) is 1. The largest absolute Gasteiger partial charge is 0.493 e. The number of methoxy groups -OCH3 is 2. The summed E-state index contributed by atoms with van der Waals surface area (Å²) in [6, 6.07) is 11.6. The van der Waals surface area contributed by atoms with Crippen LogP contribution in [0.2, 0.25) is 0 Å². The number of ether oxygens (including phenoxy) is 3. The predicted octanol–water partition coefficient (Wildman–Crippen LogP) is 2.37. The molecule has 6 nitrogen and oxygen atoms in total. The number of benzene rings is 2. The maximum Gasteiger partial charge on any atom is 0.325 e. The highest BCUT2D eigenvalue weighted by atomic mass is 16.5. The maximum absolute atomic E-state index is 11.1. The summed E-state index contributed by atoms with van der Waals surface area (Å²) in [6.45, 7) is 0.331. The molecule has 0 aliphatic carbocycles. The predicted molar refractivity (Wildman–Crippen MR) is 84.9 cm³/mol. The Labute approximate surface area is 134 Å². The minimum atomic E-state index is -1.17. The van der Waals surface area contributed by atoms with Crippen LogP contribution in [0.5, 0.6) is 17.2 Å². The fourth-order valence-electron chi connectivity index (χ4n) is 2.09. The normalized spacial score (nSPS) is 11.6. The second-order valence-corrected chi connectivity index (χ2v) is 4.84. The molecule has 0 aliphatic heterocycles. The first-order valence-electron chi connectivity index (χ1n) is 6.97. The van der Waals surface area contributed by atoms with Crippen LogP contribution in [0.3, 0.4) is 0 Å². The Bertz CT molecular complexity index is 647. The molecular weight excluding hydrogens is 298 g/mol. The quantitative estimate of drug-likeness (QED) is 0.814. The molecule has 2 aromatic rings. The van der Waals surface area contributed by atoms with Crippen LogP contribution in [0, 0.1) is 0 Å². The second-order valence-electron chi connectivity index (χ2n) is 4.84. The van der Waals surface area contributed by atoms with Gasteiger partial charge in [0.05, 0.1) is 14.2 Å². The minimum Gasteiger partial charge on any atom is -0.493 e. The van der Waals surface area contributed by atoms with Gasteiger partial charge in [-0.25, -0.2) is 0 Å². The lowest BCUT2D eigenvalue weighted by atomic mass is 10.1. The fraction of sp³-hybridized carbons (Fsp3) is 0.235. The summed E-state index contributed by atoms with van der Waals surface area (Å²) in [6.07, 6.45) is 0. The average molecular weight is 317 g/mol. The summed E-state index contributed by atoms with van der Waals surface area (Å²) in [4.78, 5) is 11.1. The van der Waals surface area contributed by atoms with Crippen molar-refractivity contribution in [3.05, 3.63) is 53.6 Å². The molecule has 6 heteroatoms. The zero-order valence-corrected chi connectivity index (χ0v) is 13.0. The van der Waals surface area contributed by atoms with E-state index < -0.39 is 12.0 Å². The maximum atomic E-state index is 11.1. The minimum absolute atomic E-state index is 0.331. The van der Waals surface area contributed by atoms with Gasteiger partial charge in [-0.1, -0.05) is 30.3 Å². The molecule has 2 aromatic carbocycles. The van der Waals surface area contributed by atoms with E-state index in [1.54, 1.807) is 12.1 Å². The van der Waals surface area contributed by atoms with Crippen molar-refractivity contribution >= 4 is 5.97 Å². The molecule has 0 heterocycles. The Morgan fingerprint density at radius 2 is 1.70 bits per heavy atom. The number of hydrogen-bond donors (Lipinski definition) is 2. The third-order valence-electron chi connectivity index (χ3n) is 3.33. The van der Waals surface area contributed by atoms with E-state index in [-0.39, 0.29) is 0 Å². The molecule has 0 saturated heterocycles. The standard InChI is InChI=1S/C17H19NO5/c1-21-13-8-12(15(18)17(19)20)9-14(22-2)16(13)23-10-11-6-4-3-5-7-11/h3-9,15H,10,18H2,1-2H3,(H,19,20). The van der Waals surface area contributed by atoms with Crippen molar-refractivity contribution in [2.75, 3.05) is 14.2 Å². The zero-order valence-electron chi connectivity index (χ0n) is 13.0. The summed E-state index contributed by atoms with van der Waals surface area (Å²) >= 11 is 0. The van der Waals surface area contributed by atoms with Crippen LogP contribution in [0.4, 0.5) is 0 Å². The number of nitrogens with two attached hydrogens (primary N) is 1. The van der Waals surface area contributed by atoms with Crippen LogP contribution in [-0.2, 0) is 11.4 Å². The van der Waals surface area contributed by atoms with Crippen LogP contribution in [0.1, 0.15) is 17.2 Å². The first-order chi connectivity index (χ1) is 11.1. The Hall–Kier alpha value is -2.73. The van der Waals surface area contributed by atoms with E-state index in [0.29, 0.717) is 29.4 Å². The van der Waals surface area contributed by atoms with Gasteiger partial charge in [-0.05, 0) is 23.3 Å². The van der Waals surface area contributed by atoms with Gasteiger partial charge < -0.3 is 25.1 Å². The van der Waals surface area contributed by atoms with Gasteiger partial charge in [-0.2, -0.15) is 0 Å². The fourth-order valence-corrected chi connectivity index (χ4v) is 2.09. The van der Waals surface area contributed by atoms with Crippen molar-refractivity contribution in [1.29, 1.82) is 0 Å². The summed E-state index contributed by atoms with van der Waals surface area (Å²) in [5.41, 5.74) is 7.01. The van der Waals surface area contributed by atoms with E-state index in [4.69, 9.17) is 25.1 Å². The van der Waals surface area contributed by atoms with E-state index >= 15 is 0 Å². The molecule has 122 valence electrons. The Morgan fingerprint density at radius 1 is 1.13 bits per heavy atom. The summed E-state index contributed by atoms with van der Waals surface area (Å²) < 4.78 is 16.4. The van der Waals surface area contributed by atoms with Crippen LogP contribution in [0.15, 0.2) is 42.5 Å². The van der Waals surface area contributed by atoms with Crippen LogP contribution >= 0.6 is 0 Å². The lowest BCUT2D eigenvalue weighted by molar-refractivity contribution is -0.138. The molecule has 3 N–H and O–H groups in total. The smallest absolute Gasteiger partial charge is 0.325 e. The van der Waals surface area contributed by atoms with E-state index in [0.717, 1.165) is 5.56 Å².